The summed E-state index contributed by atoms with van der Waals surface area (Å²) in [4.78, 5) is 19.5. The van der Waals surface area contributed by atoms with Gasteiger partial charge in [-0.05, 0) is 67.7 Å². The van der Waals surface area contributed by atoms with Crippen molar-refractivity contribution in [3.8, 4) is 5.75 Å². The monoisotopic (exact) mass is 445 g/mol. The minimum Gasteiger partial charge on any atom is -0.493 e. The number of H-pyrrole nitrogens is 1. The van der Waals surface area contributed by atoms with E-state index in [1.807, 2.05) is 30.3 Å². The van der Waals surface area contributed by atoms with Gasteiger partial charge in [0.1, 0.15) is 5.75 Å². The van der Waals surface area contributed by atoms with Crippen molar-refractivity contribution < 1.29 is 14.3 Å². The molecule has 0 spiro atoms. The van der Waals surface area contributed by atoms with Crippen molar-refractivity contribution in [3.63, 3.8) is 0 Å². The Kier molecular flexibility index (Phi) is 4.78. The number of hydrogen-bond donors (Lipinski definition) is 2. The van der Waals surface area contributed by atoms with E-state index in [2.05, 4.69) is 29.8 Å². The highest BCUT2D eigenvalue weighted by Crippen LogP contribution is 2.44. The van der Waals surface area contributed by atoms with Gasteiger partial charge >= 0.3 is 0 Å². The molecule has 0 unspecified atom stereocenters. The van der Waals surface area contributed by atoms with Crippen LogP contribution in [0, 0.1) is 5.92 Å². The lowest BCUT2D eigenvalue weighted by atomic mass is 9.71. The number of nitrogens with zero attached hydrogens (tertiary/aromatic N) is 1. The molecule has 2 aromatic carbocycles. The molecule has 172 valence electrons. The second-order valence-corrected chi connectivity index (χ2v) is 10.3. The Balaban J connectivity index is 1.22. The van der Waals surface area contributed by atoms with Crippen molar-refractivity contribution in [2.45, 2.75) is 38.1 Å². The Morgan fingerprint density at radius 3 is 2.67 bits per heavy atom. The van der Waals surface area contributed by atoms with Crippen LogP contribution in [0.1, 0.15) is 53.9 Å². The molecule has 6 rings (SSSR count). The molecule has 3 N–H and O–H groups in total. The zero-order valence-corrected chi connectivity index (χ0v) is 19.3. The van der Waals surface area contributed by atoms with Gasteiger partial charge in [-0.2, -0.15) is 0 Å². The lowest BCUT2D eigenvalue weighted by molar-refractivity contribution is -0.0750. The number of rotatable bonds is 4. The number of hydrogen-bond acceptors (Lipinski definition) is 5. The number of benzene rings is 2. The second-order valence-electron chi connectivity index (χ2n) is 10.3. The molecule has 2 saturated heterocycles. The number of fused-ring (bicyclic) bond motifs is 4. The van der Waals surface area contributed by atoms with Crippen LogP contribution in [-0.2, 0) is 10.2 Å². The van der Waals surface area contributed by atoms with E-state index in [0.717, 1.165) is 84.8 Å². The third-order valence-corrected chi connectivity index (χ3v) is 7.86. The van der Waals surface area contributed by atoms with Crippen LogP contribution in [-0.4, -0.2) is 54.6 Å². The fourth-order valence-corrected chi connectivity index (χ4v) is 5.65. The number of carbonyl (C=O) groups excluding carboxylic acids is 1. The van der Waals surface area contributed by atoms with Gasteiger partial charge in [0.05, 0.1) is 31.4 Å². The zero-order chi connectivity index (χ0) is 22.7. The summed E-state index contributed by atoms with van der Waals surface area (Å²) in [7, 11) is 0. The van der Waals surface area contributed by atoms with Gasteiger partial charge in [0.25, 0.3) is 0 Å². The molecule has 0 atom stereocenters. The van der Waals surface area contributed by atoms with Gasteiger partial charge in [0, 0.05) is 33.3 Å². The molecule has 3 aromatic rings. The minimum atomic E-state index is -0.345. The van der Waals surface area contributed by atoms with Crippen LogP contribution in [0.25, 0.3) is 10.9 Å². The molecular weight excluding hydrogens is 414 g/mol. The molecule has 0 saturated carbocycles. The summed E-state index contributed by atoms with van der Waals surface area (Å²) >= 11 is 0. The third kappa shape index (κ3) is 3.35. The number of nitrogen functional groups attached to an aromatic ring is 1. The number of anilines is 1. The molecule has 33 heavy (non-hydrogen) atoms. The van der Waals surface area contributed by atoms with Crippen LogP contribution in [0.5, 0.6) is 5.75 Å². The molecule has 6 nitrogen and oxygen atoms in total. The van der Waals surface area contributed by atoms with Gasteiger partial charge in [-0.3, -0.25) is 9.69 Å². The van der Waals surface area contributed by atoms with Crippen LogP contribution in [0.4, 0.5) is 5.69 Å². The molecule has 2 aliphatic heterocycles. The number of carbonyl (C=O) groups is 1. The maximum Gasteiger partial charge on any atom is 0.195 e. The van der Waals surface area contributed by atoms with Crippen molar-refractivity contribution in [3.05, 3.63) is 58.8 Å². The fourth-order valence-electron chi connectivity index (χ4n) is 5.65. The van der Waals surface area contributed by atoms with E-state index >= 15 is 0 Å². The van der Waals surface area contributed by atoms with Crippen LogP contribution in [0.3, 0.4) is 0 Å². The number of aromatic nitrogens is 1. The van der Waals surface area contributed by atoms with E-state index in [1.165, 1.54) is 0 Å². The predicted molar refractivity (Wildman–Crippen MR) is 129 cm³/mol. The maximum atomic E-state index is 13.5. The molecule has 0 bridgehead atoms. The number of nitrogens with one attached hydrogen (secondary N) is 1. The van der Waals surface area contributed by atoms with E-state index in [9.17, 15) is 4.79 Å². The lowest BCUT2D eigenvalue weighted by Crippen LogP contribution is -2.52. The first kappa shape index (κ1) is 20.8. The Bertz CT molecular complexity index is 1230. The fraction of sp³-hybridized carbons (Fsp3) is 0.444. The molecule has 6 heteroatoms. The molecule has 1 aliphatic carbocycles. The molecule has 0 amide bonds. The predicted octanol–water partition coefficient (Wildman–Crippen LogP) is 4.11. The largest absolute Gasteiger partial charge is 0.493 e. The van der Waals surface area contributed by atoms with Gasteiger partial charge in [0.2, 0.25) is 0 Å². The van der Waals surface area contributed by atoms with Crippen molar-refractivity contribution >= 4 is 22.4 Å². The van der Waals surface area contributed by atoms with Crippen LogP contribution in [0.2, 0.25) is 0 Å². The van der Waals surface area contributed by atoms with Gasteiger partial charge < -0.3 is 20.2 Å². The topological polar surface area (TPSA) is 80.6 Å². The first-order chi connectivity index (χ1) is 15.9. The van der Waals surface area contributed by atoms with E-state index in [-0.39, 0.29) is 11.2 Å². The van der Waals surface area contributed by atoms with Gasteiger partial charge in [0.15, 0.2) is 5.78 Å². The average molecular weight is 446 g/mol. The summed E-state index contributed by atoms with van der Waals surface area (Å²) in [5, 5.41) is 0.933. The van der Waals surface area contributed by atoms with Crippen LogP contribution < -0.4 is 10.5 Å². The second kappa shape index (κ2) is 7.61. The van der Waals surface area contributed by atoms with Crippen molar-refractivity contribution in [2.75, 3.05) is 38.6 Å². The van der Waals surface area contributed by atoms with Gasteiger partial charge in [-0.15, -0.1) is 0 Å². The molecule has 3 heterocycles. The number of piperidine rings is 1. The maximum absolute atomic E-state index is 13.5. The van der Waals surface area contributed by atoms with E-state index in [1.54, 1.807) is 0 Å². The molecule has 1 aromatic heterocycles. The Morgan fingerprint density at radius 2 is 1.94 bits per heavy atom. The molecular formula is C27H31N3O3. The Hall–Kier alpha value is -2.83. The number of aromatic amines is 1. The van der Waals surface area contributed by atoms with Crippen molar-refractivity contribution in [2.24, 2.45) is 5.92 Å². The summed E-state index contributed by atoms with van der Waals surface area (Å²) in [5.41, 5.74) is 10.7. The Morgan fingerprint density at radius 1 is 1.15 bits per heavy atom. The quantitative estimate of drug-likeness (QED) is 0.591. The summed E-state index contributed by atoms with van der Waals surface area (Å²) < 4.78 is 11.6. The van der Waals surface area contributed by atoms with E-state index in [0.29, 0.717) is 17.6 Å². The van der Waals surface area contributed by atoms with Crippen LogP contribution >= 0.6 is 0 Å². The lowest BCUT2D eigenvalue weighted by Gasteiger charge is -2.41. The first-order valence-corrected chi connectivity index (χ1v) is 12.0. The molecule has 3 aliphatic rings. The van der Waals surface area contributed by atoms with E-state index in [4.69, 9.17) is 15.2 Å². The summed E-state index contributed by atoms with van der Waals surface area (Å²) in [6.45, 7) is 9.08. The van der Waals surface area contributed by atoms with E-state index < -0.39 is 0 Å². The van der Waals surface area contributed by atoms with Gasteiger partial charge in [-0.25, -0.2) is 0 Å². The van der Waals surface area contributed by atoms with Gasteiger partial charge in [-0.1, -0.05) is 19.9 Å². The molecule has 2 fully saturated rings. The standard InChI is InChI=1S/C27H31N3O3/c1-27(2)22-12-19(33-13-16-7-9-30(10-8-16)18-14-32-15-18)4-6-20(22)25(31)24-21-5-3-17(28)11-23(21)29-26(24)27/h3-6,11-12,16,18,29H,7-10,13-15,28H2,1-2H3. The third-order valence-electron chi connectivity index (χ3n) is 7.86. The summed E-state index contributed by atoms with van der Waals surface area (Å²) in [5.74, 6) is 1.47. The zero-order valence-electron chi connectivity index (χ0n) is 19.3. The number of ether oxygens (including phenoxy) is 2. The highest BCUT2D eigenvalue weighted by molar-refractivity contribution is 6.20. The highest BCUT2D eigenvalue weighted by Gasteiger charge is 2.40. The molecule has 0 radical (unpaired) electrons. The summed E-state index contributed by atoms with van der Waals surface area (Å²) in [6.07, 6.45) is 2.32. The Labute approximate surface area is 194 Å². The minimum absolute atomic E-state index is 0.0641. The SMILES string of the molecule is CC1(C)c2cc(OCC3CCN(C4COC4)CC3)ccc2C(=O)c2c1[nH]c1cc(N)ccc21. The number of nitrogens with two attached hydrogens (primary N) is 1. The summed E-state index contributed by atoms with van der Waals surface area (Å²) in [6, 6.07) is 12.3. The van der Waals surface area contributed by atoms with Crippen molar-refractivity contribution in [1.29, 1.82) is 0 Å². The normalized spacial score (nSPS) is 21.0. The van der Waals surface area contributed by atoms with Crippen LogP contribution in [0.15, 0.2) is 36.4 Å². The highest BCUT2D eigenvalue weighted by atomic mass is 16.5. The smallest absolute Gasteiger partial charge is 0.195 e. The number of likely N-dealkylation sites (tertiary alicyclic amines) is 1. The first-order valence-electron chi connectivity index (χ1n) is 12.0. The van der Waals surface area contributed by atoms with Crippen molar-refractivity contribution in [1.82, 2.24) is 9.88 Å². The average Bonchev–Trinajstić information content (AvgIpc) is 3.16. The number of ketones is 1.